The van der Waals surface area contributed by atoms with Crippen molar-refractivity contribution in [2.24, 2.45) is 5.10 Å². The van der Waals surface area contributed by atoms with Crippen molar-refractivity contribution in [2.45, 2.75) is 19.8 Å². The van der Waals surface area contributed by atoms with Crippen LogP contribution in [0.3, 0.4) is 0 Å². The van der Waals surface area contributed by atoms with Gasteiger partial charge < -0.3 is 14.2 Å². The van der Waals surface area contributed by atoms with Crippen LogP contribution < -0.4 is 19.6 Å². The molecule has 0 radical (unpaired) electrons. The van der Waals surface area contributed by atoms with Crippen molar-refractivity contribution in [3.05, 3.63) is 186 Å². The number of amides is 1. The molecule has 0 heterocycles. The lowest BCUT2D eigenvalue weighted by Crippen LogP contribution is -2.18. The average molecular weight is 643 g/mol. The Bertz CT molecular complexity index is 2100. The molecule has 6 heteroatoms. The number of hydrogen-bond acceptors (Lipinski definition) is 5. The Balaban J connectivity index is 1.22. The van der Waals surface area contributed by atoms with Crippen LogP contribution in [0.25, 0.3) is 21.5 Å². The maximum Gasteiger partial charge on any atom is 0.271 e. The van der Waals surface area contributed by atoms with E-state index in [4.69, 9.17) is 14.2 Å². The highest BCUT2D eigenvalue weighted by molar-refractivity contribution is 6.13. The number of nitrogens with one attached hydrogen (secondary N) is 1. The molecule has 7 rings (SSSR count). The quantitative estimate of drug-likeness (QED) is 0.0819. The first-order valence-electron chi connectivity index (χ1n) is 16.1. The Hall–Kier alpha value is -6.40. The number of hydrazone groups is 1. The second-order valence-corrected chi connectivity index (χ2v) is 11.6. The largest absolute Gasteiger partial charge is 0.485 e. The normalized spacial score (nSPS) is 11.1. The summed E-state index contributed by atoms with van der Waals surface area (Å²) in [5, 5.41) is 8.72. The van der Waals surface area contributed by atoms with Gasteiger partial charge in [0.2, 0.25) is 5.75 Å². The Morgan fingerprint density at radius 2 is 0.959 bits per heavy atom. The lowest BCUT2D eigenvalue weighted by molar-refractivity contribution is 0.0953. The summed E-state index contributed by atoms with van der Waals surface area (Å²) in [5.74, 6) is 0.779. The molecule has 0 bridgehead atoms. The molecule has 7 aromatic carbocycles. The van der Waals surface area contributed by atoms with E-state index in [0.29, 0.717) is 29.4 Å². The van der Waals surface area contributed by atoms with Gasteiger partial charge in [-0.3, -0.25) is 4.79 Å². The minimum atomic E-state index is -0.412. The van der Waals surface area contributed by atoms with E-state index in [-0.39, 0.29) is 13.2 Å². The number of carbonyl (C=O) groups excluding carboxylic acids is 1. The highest BCUT2D eigenvalue weighted by Gasteiger charge is 2.20. The summed E-state index contributed by atoms with van der Waals surface area (Å²) in [5.41, 5.74) is 6.92. The Labute approximate surface area is 285 Å². The third kappa shape index (κ3) is 7.61. The molecule has 240 valence electrons. The van der Waals surface area contributed by atoms with Gasteiger partial charge in [-0.15, -0.1) is 0 Å². The highest BCUT2D eigenvalue weighted by atomic mass is 16.5. The molecule has 49 heavy (non-hydrogen) atoms. The monoisotopic (exact) mass is 642 g/mol. The number of rotatable bonds is 12. The van der Waals surface area contributed by atoms with Crippen LogP contribution in [0.5, 0.6) is 17.2 Å². The molecule has 0 unspecified atom stereocenters. The van der Waals surface area contributed by atoms with Crippen LogP contribution in [0.1, 0.15) is 32.6 Å². The molecule has 1 amide bonds. The van der Waals surface area contributed by atoms with E-state index >= 15 is 0 Å². The molecule has 0 fully saturated rings. The van der Waals surface area contributed by atoms with Gasteiger partial charge in [-0.1, -0.05) is 140 Å². The molecule has 0 aliphatic heterocycles. The minimum absolute atomic E-state index is 0.276. The molecule has 0 spiro atoms. The van der Waals surface area contributed by atoms with Gasteiger partial charge >= 0.3 is 0 Å². The molecule has 0 aliphatic rings. The summed E-state index contributed by atoms with van der Waals surface area (Å²) in [4.78, 5) is 13.7. The van der Waals surface area contributed by atoms with Crippen LogP contribution in [-0.4, -0.2) is 12.1 Å². The topological polar surface area (TPSA) is 69.2 Å². The second-order valence-electron chi connectivity index (χ2n) is 11.6. The zero-order valence-corrected chi connectivity index (χ0v) is 26.8. The first-order valence-corrected chi connectivity index (χ1v) is 16.1. The number of hydrogen-bond donors (Lipinski definition) is 1. The summed E-state index contributed by atoms with van der Waals surface area (Å²) < 4.78 is 19.1. The summed E-state index contributed by atoms with van der Waals surface area (Å²) >= 11 is 0. The van der Waals surface area contributed by atoms with Crippen LogP contribution in [0.2, 0.25) is 0 Å². The van der Waals surface area contributed by atoms with Gasteiger partial charge in [0.1, 0.15) is 19.8 Å². The number of ether oxygens (including phenoxy) is 3. The third-order valence-corrected chi connectivity index (χ3v) is 8.16. The van der Waals surface area contributed by atoms with Gasteiger partial charge in [-0.05, 0) is 56.4 Å². The van der Waals surface area contributed by atoms with E-state index in [2.05, 4.69) is 40.9 Å². The predicted octanol–water partition coefficient (Wildman–Crippen LogP) is 9.49. The van der Waals surface area contributed by atoms with Crippen molar-refractivity contribution in [2.75, 3.05) is 0 Å². The van der Waals surface area contributed by atoms with E-state index in [9.17, 15) is 4.79 Å². The van der Waals surface area contributed by atoms with E-state index in [1.54, 1.807) is 18.3 Å². The first-order chi connectivity index (χ1) is 24.2. The lowest BCUT2D eigenvalue weighted by atomic mass is 9.97. The maximum absolute atomic E-state index is 13.7. The fourth-order valence-electron chi connectivity index (χ4n) is 5.67. The second kappa shape index (κ2) is 15.0. The Morgan fingerprint density at radius 1 is 0.531 bits per heavy atom. The summed E-state index contributed by atoms with van der Waals surface area (Å²) in [7, 11) is 0. The van der Waals surface area contributed by atoms with Crippen molar-refractivity contribution >= 4 is 33.7 Å². The number of carbonyl (C=O) groups is 1. The molecular formula is C43H34N2O4. The van der Waals surface area contributed by atoms with Crippen LogP contribution in [0.4, 0.5) is 0 Å². The molecule has 7 aromatic rings. The molecule has 0 saturated carbocycles. The minimum Gasteiger partial charge on any atom is -0.485 e. The fourth-order valence-corrected chi connectivity index (χ4v) is 5.67. The van der Waals surface area contributed by atoms with Gasteiger partial charge in [-0.2, -0.15) is 5.10 Å². The SMILES string of the molecule is O=C(NN=Cc1c2ccccc2cc2ccccc12)c1cc(OCc2ccccc2)c(OCc2ccccc2)c(OCc2ccccc2)c1. The van der Waals surface area contributed by atoms with Crippen LogP contribution in [0, 0.1) is 0 Å². The number of nitrogens with zero attached hydrogens (tertiary/aromatic N) is 1. The smallest absolute Gasteiger partial charge is 0.271 e. The van der Waals surface area contributed by atoms with Gasteiger partial charge in [0.15, 0.2) is 11.5 Å². The Kier molecular flexibility index (Phi) is 9.56. The van der Waals surface area contributed by atoms with Gasteiger partial charge in [0, 0.05) is 11.1 Å². The zero-order valence-electron chi connectivity index (χ0n) is 26.8. The van der Waals surface area contributed by atoms with Gasteiger partial charge in [0.05, 0.1) is 6.21 Å². The standard InChI is InChI=1S/C43H34N2O4/c46-43(45-44-27-39-37-22-12-10-20-34(37)24-35-21-11-13-23-38(35)39)36-25-40(47-28-31-14-4-1-5-15-31)42(49-30-33-18-8-3-9-19-33)41(26-36)48-29-32-16-6-2-7-17-32/h1-27H,28-30H2,(H,45,46). The van der Waals surface area contributed by atoms with Crippen molar-refractivity contribution < 1.29 is 19.0 Å². The van der Waals surface area contributed by atoms with Crippen molar-refractivity contribution in [1.82, 2.24) is 5.43 Å². The molecule has 0 atom stereocenters. The van der Waals surface area contributed by atoms with E-state index in [1.165, 1.54) is 0 Å². The lowest BCUT2D eigenvalue weighted by Gasteiger charge is -2.19. The average Bonchev–Trinajstić information content (AvgIpc) is 3.16. The first kappa shape index (κ1) is 31.2. The molecular weight excluding hydrogens is 608 g/mol. The fraction of sp³-hybridized carbons (Fsp3) is 0.0698. The maximum atomic E-state index is 13.7. The van der Waals surface area contributed by atoms with Crippen molar-refractivity contribution in [3.8, 4) is 17.2 Å². The summed E-state index contributed by atoms with van der Waals surface area (Å²) in [6.07, 6.45) is 1.71. The highest BCUT2D eigenvalue weighted by Crippen LogP contribution is 2.40. The van der Waals surface area contributed by atoms with E-state index in [1.807, 2.05) is 115 Å². The molecule has 1 N–H and O–H groups in total. The van der Waals surface area contributed by atoms with E-state index in [0.717, 1.165) is 43.8 Å². The molecule has 6 nitrogen and oxygen atoms in total. The third-order valence-electron chi connectivity index (χ3n) is 8.16. The summed E-state index contributed by atoms with van der Waals surface area (Å²) in [6.45, 7) is 0.842. The molecule has 0 saturated heterocycles. The molecule has 0 aliphatic carbocycles. The Morgan fingerprint density at radius 3 is 1.45 bits per heavy atom. The summed E-state index contributed by atoms with van der Waals surface area (Å²) in [6, 6.07) is 51.4. The van der Waals surface area contributed by atoms with E-state index < -0.39 is 5.91 Å². The zero-order chi connectivity index (χ0) is 33.3. The predicted molar refractivity (Wildman–Crippen MR) is 195 cm³/mol. The van der Waals surface area contributed by atoms with Crippen LogP contribution in [0.15, 0.2) is 163 Å². The van der Waals surface area contributed by atoms with Crippen LogP contribution in [-0.2, 0) is 19.8 Å². The molecule has 0 aromatic heterocycles. The van der Waals surface area contributed by atoms with Crippen LogP contribution >= 0.6 is 0 Å². The van der Waals surface area contributed by atoms with Gasteiger partial charge in [-0.25, -0.2) is 5.43 Å². The van der Waals surface area contributed by atoms with Gasteiger partial charge in [0.25, 0.3) is 5.91 Å². The van der Waals surface area contributed by atoms with Crippen molar-refractivity contribution in [3.63, 3.8) is 0 Å². The number of benzene rings is 7. The number of fused-ring (bicyclic) bond motifs is 2. The van der Waals surface area contributed by atoms with Crippen molar-refractivity contribution in [1.29, 1.82) is 0 Å².